The van der Waals surface area contributed by atoms with Crippen LogP contribution in [0.2, 0.25) is 0 Å². The second-order valence-electron chi connectivity index (χ2n) is 4.65. The number of nitrogens with two attached hydrogens (primary N) is 1. The molecule has 2 rings (SSSR count). The molecule has 0 bridgehead atoms. The van der Waals surface area contributed by atoms with E-state index in [2.05, 4.69) is 15.4 Å². The Morgan fingerprint density at radius 3 is 2.81 bits per heavy atom. The first-order valence-electron chi connectivity index (χ1n) is 6.51. The summed E-state index contributed by atoms with van der Waals surface area (Å²) in [6.07, 6.45) is 1.84. The molecule has 2 heterocycles. The van der Waals surface area contributed by atoms with Crippen molar-refractivity contribution >= 4 is 23.4 Å². The van der Waals surface area contributed by atoms with Gasteiger partial charge in [-0.1, -0.05) is 0 Å². The zero-order chi connectivity index (χ0) is 15.4. The number of aromatic nitrogens is 2. The topological polar surface area (TPSA) is 131 Å². The third-order valence-electron chi connectivity index (χ3n) is 3.32. The van der Waals surface area contributed by atoms with Crippen LogP contribution in [0.25, 0.3) is 0 Å². The molecule has 1 saturated heterocycles. The zero-order valence-electron chi connectivity index (χ0n) is 11.7. The van der Waals surface area contributed by atoms with Crippen molar-refractivity contribution in [3.8, 4) is 0 Å². The molecule has 0 spiro atoms. The number of carbonyl (C=O) groups is 1. The average molecular weight is 295 g/mol. The van der Waals surface area contributed by atoms with E-state index in [0.717, 1.165) is 6.20 Å². The molecule has 0 saturated carbocycles. The number of amides is 1. The molecule has 3 N–H and O–H groups in total. The van der Waals surface area contributed by atoms with Crippen molar-refractivity contribution in [2.45, 2.75) is 13.3 Å². The van der Waals surface area contributed by atoms with E-state index in [-0.39, 0.29) is 23.4 Å². The molecule has 21 heavy (non-hydrogen) atoms. The number of anilines is 2. The molecule has 1 fully saturated rings. The lowest BCUT2D eigenvalue weighted by molar-refractivity contribution is -0.384. The van der Waals surface area contributed by atoms with Crippen LogP contribution in [0.4, 0.5) is 17.5 Å². The van der Waals surface area contributed by atoms with E-state index >= 15 is 0 Å². The minimum absolute atomic E-state index is 0.00153. The van der Waals surface area contributed by atoms with Gasteiger partial charge in [0.25, 0.3) is 0 Å². The predicted molar refractivity (Wildman–Crippen MR) is 75.6 cm³/mol. The van der Waals surface area contributed by atoms with Gasteiger partial charge < -0.3 is 9.80 Å². The van der Waals surface area contributed by atoms with Crippen molar-refractivity contribution in [1.29, 1.82) is 0 Å². The standard InChI is InChI=1S/C11H17N7O3/c1-8(19)16-3-2-4-17(6-5-16)10-9(18(20)21)7-13-11(14-10)15-12/h7H,2-6,12H2,1H3,(H,13,14,15). The fourth-order valence-electron chi connectivity index (χ4n) is 2.24. The molecule has 1 aromatic rings. The van der Waals surface area contributed by atoms with Crippen LogP contribution >= 0.6 is 0 Å². The number of hydrogen-bond acceptors (Lipinski definition) is 8. The van der Waals surface area contributed by atoms with Gasteiger partial charge in [0.05, 0.1) is 4.92 Å². The van der Waals surface area contributed by atoms with E-state index in [0.29, 0.717) is 32.6 Å². The third kappa shape index (κ3) is 3.34. The van der Waals surface area contributed by atoms with Crippen molar-refractivity contribution in [1.82, 2.24) is 14.9 Å². The van der Waals surface area contributed by atoms with Crippen LogP contribution < -0.4 is 16.2 Å². The van der Waals surface area contributed by atoms with Gasteiger partial charge in [-0.3, -0.25) is 20.3 Å². The molecule has 114 valence electrons. The van der Waals surface area contributed by atoms with Crippen LogP contribution in [-0.4, -0.2) is 51.9 Å². The minimum atomic E-state index is -0.525. The van der Waals surface area contributed by atoms with Crippen molar-refractivity contribution in [2.24, 2.45) is 5.84 Å². The second kappa shape index (κ2) is 6.31. The Hall–Kier alpha value is -2.49. The van der Waals surface area contributed by atoms with Crippen LogP contribution in [0.5, 0.6) is 0 Å². The molecule has 0 radical (unpaired) electrons. The number of rotatable bonds is 3. The molecule has 10 heteroatoms. The molecule has 1 aromatic heterocycles. The maximum Gasteiger partial charge on any atom is 0.329 e. The fraction of sp³-hybridized carbons (Fsp3) is 0.545. The highest BCUT2D eigenvalue weighted by Gasteiger charge is 2.25. The quantitative estimate of drug-likeness (QED) is 0.442. The Labute approximate surface area is 121 Å². The number of nitrogens with one attached hydrogen (secondary N) is 1. The van der Waals surface area contributed by atoms with E-state index in [1.807, 2.05) is 0 Å². The highest BCUT2D eigenvalue weighted by atomic mass is 16.6. The molecule has 0 atom stereocenters. The van der Waals surface area contributed by atoms with E-state index in [9.17, 15) is 14.9 Å². The smallest absolute Gasteiger partial charge is 0.329 e. The number of hydrogen-bond donors (Lipinski definition) is 2. The second-order valence-corrected chi connectivity index (χ2v) is 4.65. The van der Waals surface area contributed by atoms with Crippen molar-refractivity contribution < 1.29 is 9.72 Å². The summed E-state index contributed by atoms with van der Waals surface area (Å²) >= 11 is 0. The third-order valence-corrected chi connectivity index (χ3v) is 3.32. The summed E-state index contributed by atoms with van der Waals surface area (Å²) in [6, 6.07) is 0. The Kier molecular flexibility index (Phi) is 4.48. The van der Waals surface area contributed by atoms with Gasteiger partial charge in [-0.25, -0.2) is 10.8 Å². The van der Waals surface area contributed by atoms with Crippen LogP contribution in [0.15, 0.2) is 6.20 Å². The van der Waals surface area contributed by atoms with Crippen molar-refractivity contribution in [2.75, 3.05) is 36.5 Å². The molecular formula is C11H17N7O3. The van der Waals surface area contributed by atoms with Gasteiger partial charge in [0.1, 0.15) is 6.20 Å². The van der Waals surface area contributed by atoms with Crippen LogP contribution in [-0.2, 0) is 4.79 Å². The van der Waals surface area contributed by atoms with E-state index in [4.69, 9.17) is 5.84 Å². The summed E-state index contributed by atoms with van der Waals surface area (Å²) in [7, 11) is 0. The largest absolute Gasteiger partial charge is 0.349 e. The van der Waals surface area contributed by atoms with Crippen molar-refractivity contribution in [3.05, 3.63) is 16.3 Å². The predicted octanol–water partition coefficient (Wildman–Crippen LogP) is -0.271. The Bertz CT molecular complexity index is 551. The number of carbonyl (C=O) groups excluding carboxylic acids is 1. The summed E-state index contributed by atoms with van der Waals surface area (Å²) in [5.74, 6) is 5.58. The van der Waals surface area contributed by atoms with E-state index in [1.165, 1.54) is 6.92 Å². The lowest BCUT2D eigenvalue weighted by Crippen LogP contribution is -2.34. The molecule has 10 nitrogen and oxygen atoms in total. The average Bonchev–Trinajstić information content (AvgIpc) is 2.72. The van der Waals surface area contributed by atoms with Crippen LogP contribution in [0, 0.1) is 10.1 Å². The van der Waals surface area contributed by atoms with Gasteiger partial charge >= 0.3 is 5.69 Å². The maximum absolute atomic E-state index is 11.4. The summed E-state index contributed by atoms with van der Waals surface area (Å²) in [4.78, 5) is 33.3. The van der Waals surface area contributed by atoms with E-state index in [1.54, 1.807) is 9.80 Å². The maximum atomic E-state index is 11.4. The fourth-order valence-corrected chi connectivity index (χ4v) is 2.24. The lowest BCUT2D eigenvalue weighted by Gasteiger charge is -2.22. The number of nitrogens with zero attached hydrogens (tertiary/aromatic N) is 5. The Balaban J connectivity index is 2.27. The first-order chi connectivity index (χ1) is 10.0. The zero-order valence-corrected chi connectivity index (χ0v) is 11.7. The van der Waals surface area contributed by atoms with Crippen LogP contribution in [0.1, 0.15) is 13.3 Å². The van der Waals surface area contributed by atoms with Gasteiger partial charge in [0.15, 0.2) is 0 Å². The molecule has 1 aliphatic rings. The summed E-state index contributed by atoms with van der Waals surface area (Å²) in [5, 5.41) is 11.1. The number of hydrazine groups is 1. The lowest BCUT2D eigenvalue weighted by atomic mass is 10.3. The molecule has 0 unspecified atom stereocenters. The van der Waals surface area contributed by atoms with Crippen LogP contribution in [0.3, 0.4) is 0 Å². The SMILES string of the molecule is CC(=O)N1CCCN(c2nc(NN)ncc2[N+](=O)[O-])CC1. The molecule has 1 aliphatic heterocycles. The molecular weight excluding hydrogens is 278 g/mol. The highest BCUT2D eigenvalue weighted by Crippen LogP contribution is 2.26. The van der Waals surface area contributed by atoms with Gasteiger partial charge in [0.2, 0.25) is 17.7 Å². The number of nitrogen functional groups attached to an aromatic ring is 1. The van der Waals surface area contributed by atoms with Gasteiger partial charge in [-0.2, -0.15) is 4.98 Å². The summed E-state index contributed by atoms with van der Waals surface area (Å²) in [6.45, 7) is 3.70. The van der Waals surface area contributed by atoms with Gasteiger partial charge in [0, 0.05) is 33.1 Å². The summed E-state index contributed by atoms with van der Waals surface area (Å²) in [5.41, 5.74) is 2.10. The van der Waals surface area contributed by atoms with Crippen molar-refractivity contribution in [3.63, 3.8) is 0 Å². The number of nitro groups is 1. The molecule has 0 aliphatic carbocycles. The van der Waals surface area contributed by atoms with Gasteiger partial charge in [-0.15, -0.1) is 0 Å². The minimum Gasteiger partial charge on any atom is -0.349 e. The van der Waals surface area contributed by atoms with E-state index < -0.39 is 4.92 Å². The Morgan fingerprint density at radius 1 is 1.43 bits per heavy atom. The molecule has 1 amide bonds. The monoisotopic (exact) mass is 295 g/mol. The highest BCUT2D eigenvalue weighted by molar-refractivity contribution is 5.73. The Morgan fingerprint density at radius 2 is 2.19 bits per heavy atom. The first-order valence-corrected chi connectivity index (χ1v) is 6.51. The van der Waals surface area contributed by atoms with Gasteiger partial charge in [-0.05, 0) is 6.42 Å². The summed E-state index contributed by atoms with van der Waals surface area (Å²) < 4.78 is 0. The molecule has 0 aromatic carbocycles. The first kappa shape index (κ1) is 14.9. The normalized spacial score (nSPS) is 15.5.